The summed E-state index contributed by atoms with van der Waals surface area (Å²) >= 11 is 0. The van der Waals surface area contributed by atoms with Gasteiger partial charge in [0.05, 0.1) is 12.8 Å². The molecule has 3 aromatic carbocycles. The molecule has 0 saturated heterocycles. The molecule has 7 heteroatoms. The van der Waals surface area contributed by atoms with Crippen LogP contribution in [-0.2, 0) is 16.1 Å². The van der Waals surface area contributed by atoms with Gasteiger partial charge >= 0.3 is 0 Å². The van der Waals surface area contributed by atoms with Crippen molar-refractivity contribution in [3.05, 3.63) is 120 Å². The molecule has 7 nitrogen and oxygen atoms in total. The van der Waals surface area contributed by atoms with Crippen molar-refractivity contribution in [1.29, 1.82) is 0 Å². The molecule has 2 heterocycles. The number of benzene rings is 3. The van der Waals surface area contributed by atoms with Gasteiger partial charge in [0.25, 0.3) is 5.91 Å². The topological polar surface area (TPSA) is 81.0 Å². The van der Waals surface area contributed by atoms with Crippen LogP contribution in [0.15, 0.2) is 102 Å². The summed E-state index contributed by atoms with van der Waals surface area (Å²) in [6, 6.07) is 25.1. The number of nitrogens with zero attached hydrogens (tertiary/aromatic N) is 1. The number of carbonyl (C=O) groups is 2. The molecule has 1 aliphatic rings. The average molecular weight is 523 g/mol. The van der Waals surface area contributed by atoms with Crippen LogP contribution in [0, 0.1) is 0 Å². The van der Waals surface area contributed by atoms with Crippen LogP contribution in [0.4, 0.5) is 5.69 Å². The van der Waals surface area contributed by atoms with Gasteiger partial charge in [-0.15, -0.1) is 0 Å². The molecular weight excluding hydrogens is 492 g/mol. The lowest BCUT2D eigenvalue weighted by molar-refractivity contribution is -0.136. The molecule has 198 valence electrons. The van der Waals surface area contributed by atoms with Crippen molar-refractivity contribution in [2.45, 2.75) is 32.4 Å². The van der Waals surface area contributed by atoms with E-state index in [0.29, 0.717) is 34.4 Å². The summed E-state index contributed by atoms with van der Waals surface area (Å²) < 4.78 is 16.4. The molecule has 0 radical (unpaired) electrons. The highest BCUT2D eigenvalue weighted by Gasteiger charge is 2.31. The lowest BCUT2D eigenvalue weighted by atomic mass is 10.0. The molecule has 1 unspecified atom stereocenters. The van der Waals surface area contributed by atoms with Crippen LogP contribution in [0.25, 0.3) is 6.08 Å². The third-order valence-electron chi connectivity index (χ3n) is 6.52. The van der Waals surface area contributed by atoms with Gasteiger partial charge in [0.1, 0.15) is 11.8 Å². The summed E-state index contributed by atoms with van der Waals surface area (Å²) in [4.78, 5) is 29.1. The van der Waals surface area contributed by atoms with Crippen LogP contribution in [-0.4, -0.2) is 23.5 Å². The number of ether oxygens (including phenoxy) is 2. The third kappa shape index (κ3) is 6.21. The van der Waals surface area contributed by atoms with Crippen molar-refractivity contribution in [3.8, 4) is 11.5 Å². The highest BCUT2D eigenvalue weighted by Crippen LogP contribution is 2.33. The summed E-state index contributed by atoms with van der Waals surface area (Å²) in [6.07, 6.45) is 4.71. The SMILES string of the molecule is CC(C)c1ccc(NC(=O)C(c2ccccc2)N(Cc2ccco2)C(=O)C=Cc2ccc3c(c2)OCO3)cc1. The van der Waals surface area contributed by atoms with E-state index in [1.54, 1.807) is 30.5 Å². The summed E-state index contributed by atoms with van der Waals surface area (Å²) in [7, 11) is 0. The summed E-state index contributed by atoms with van der Waals surface area (Å²) in [6.45, 7) is 4.52. The van der Waals surface area contributed by atoms with E-state index in [1.165, 1.54) is 16.5 Å². The predicted molar refractivity (Wildman–Crippen MR) is 149 cm³/mol. The van der Waals surface area contributed by atoms with Crippen LogP contribution in [0.1, 0.15) is 48.3 Å². The maximum Gasteiger partial charge on any atom is 0.251 e. The third-order valence-corrected chi connectivity index (χ3v) is 6.52. The highest BCUT2D eigenvalue weighted by molar-refractivity contribution is 6.00. The number of hydrogen-bond donors (Lipinski definition) is 1. The number of carbonyl (C=O) groups excluding carboxylic acids is 2. The molecule has 0 fully saturated rings. The minimum atomic E-state index is -0.907. The van der Waals surface area contributed by atoms with E-state index in [-0.39, 0.29) is 25.2 Å². The number of hydrogen-bond acceptors (Lipinski definition) is 5. The Morgan fingerprint density at radius 2 is 1.67 bits per heavy atom. The molecule has 0 saturated carbocycles. The Bertz CT molecular complexity index is 1440. The first-order valence-corrected chi connectivity index (χ1v) is 12.8. The summed E-state index contributed by atoms with van der Waals surface area (Å²) in [5.41, 5.74) is 3.30. The van der Waals surface area contributed by atoms with Crippen molar-refractivity contribution in [2.75, 3.05) is 12.1 Å². The predicted octanol–water partition coefficient (Wildman–Crippen LogP) is 6.55. The maximum atomic E-state index is 13.8. The smallest absolute Gasteiger partial charge is 0.251 e. The van der Waals surface area contributed by atoms with Crippen molar-refractivity contribution >= 4 is 23.6 Å². The van der Waals surface area contributed by atoms with E-state index in [9.17, 15) is 9.59 Å². The van der Waals surface area contributed by atoms with E-state index < -0.39 is 6.04 Å². The first-order chi connectivity index (χ1) is 19.0. The minimum absolute atomic E-state index is 0.108. The number of rotatable bonds is 9. The quantitative estimate of drug-likeness (QED) is 0.252. The molecule has 0 spiro atoms. The van der Waals surface area contributed by atoms with Crippen LogP contribution >= 0.6 is 0 Å². The van der Waals surface area contributed by atoms with Gasteiger partial charge < -0.3 is 24.1 Å². The molecule has 1 aromatic heterocycles. The van der Waals surface area contributed by atoms with E-state index in [4.69, 9.17) is 13.9 Å². The van der Waals surface area contributed by atoms with Crippen molar-refractivity contribution in [3.63, 3.8) is 0 Å². The Labute approximate surface area is 227 Å². The second-order valence-corrected chi connectivity index (χ2v) is 9.57. The molecule has 2 amide bonds. The zero-order valence-electron chi connectivity index (χ0n) is 21.9. The fourth-order valence-corrected chi connectivity index (χ4v) is 4.42. The molecule has 0 aliphatic carbocycles. The average Bonchev–Trinajstić information content (AvgIpc) is 3.64. The van der Waals surface area contributed by atoms with Gasteiger partial charge in [0.2, 0.25) is 12.7 Å². The van der Waals surface area contributed by atoms with Gasteiger partial charge in [-0.25, -0.2) is 0 Å². The molecule has 5 rings (SSSR count). The molecule has 1 atom stereocenters. The van der Waals surface area contributed by atoms with Crippen LogP contribution < -0.4 is 14.8 Å². The van der Waals surface area contributed by atoms with E-state index in [2.05, 4.69) is 19.2 Å². The van der Waals surface area contributed by atoms with Gasteiger partial charge in [-0.2, -0.15) is 0 Å². The van der Waals surface area contributed by atoms with E-state index in [1.807, 2.05) is 66.7 Å². The summed E-state index contributed by atoms with van der Waals surface area (Å²) in [5.74, 6) is 1.57. The Kier molecular flexibility index (Phi) is 7.78. The lowest BCUT2D eigenvalue weighted by Crippen LogP contribution is -2.40. The monoisotopic (exact) mass is 522 g/mol. The first-order valence-electron chi connectivity index (χ1n) is 12.8. The first kappa shape index (κ1) is 25.9. The van der Waals surface area contributed by atoms with Crippen LogP contribution in [0.3, 0.4) is 0 Å². The molecular formula is C32H30N2O5. The molecule has 4 aromatic rings. The zero-order valence-corrected chi connectivity index (χ0v) is 21.9. The van der Waals surface area contributed by atoms with Crippen molar-refractivity contribution < 1.29 is 23.5 Å². The van der Waals surface area contributed by atoms with Gasteiger partial charge in [-0.3, -0.25) is 9.59 Å². The Balaban J connectivity index is 1.46. The number of fused-ring (bicyclic) bond motifs is 1. The number of nitrogens with one attached hydrogen (secondary N) is 1. The molecule has 1 N–H and O–H groups in total. The number of anilines is 1. The van der Waals surface area contributed by atoms with Gasteiger partial charge in [0.15, 0.2) is 11.5 Å². The van der Waals surface area contributed by atoms with E-state index in [0.717, 1.165) is 5.56 Å². The van der Waals surface area contributed by atoms with Gasteiger partial charge in [-0.1, -0.05) is 62.4 Å². The Morgan fingerprint density at radius 1 is 0.897 bits per heavy atom. The number of amides is 2. The maximum absolute atomic E-state index is 13.8. The van der Waals surface area contributed by atoms with Crippen LogP contribution in [0.2, 0.25) is 0 Å². The molecule has 39 heavy (non-hydrogen) atoms. The standard InChI is InChI=1S/C32H30N2O5/c1-22(2)24-12-14-26(15-13-24)33-32(36)31(25-7-4-3-5-8-25)34(20-27-9-6-18-37-27)30(35)17-11-23-10-16-28-29(19-23)39-21-38-28/h3-19,22,31H,20-21H2,1-2H3,(H,33,36). The van der Waals surface area contributed by atoms with Gasteiger partial charge in [0, 0.05) is 11.8 Å². The fraction of sp³-hybridized carbons (Fsp3) is 0.188. The normalized spacial score (nSPS) is 13.0. The number of furan rings is 1. The second-order valence-electron chi connectivity index (χ2n) is 9.57. The second kappa shape index (κ2) is 11.7. The summed E-state index contributed by atoms with van der Waals surface area (Å²) in [5, 5.41) is 3.01. The molecule has 1 aliphatic heterocycles. The van der Waals surface area contributed by atoms with Crippen molar-refractivity contribution in [2.24, 2.45) is 0 Å². The zero-order chi connectivity index (χ0) is 27.2. The molecule has 0 bridgehead atoms. The van der Waals surface area contributed by atoms with Gasteiger partial charge in [-0.05, 0) is 65.1 Å². The fourth-order valence-electron chi connectivity index (χ4n) is 4.42. The largest absolute Gasteiger partial charge is 0.467 e. The lowest BCUT2D eigenvalue weighted by Gasteiger charge is -2.30. The van der Waals surface area contributed by atoms with Crippen molar-refractivity contribution in [1.82, 2.24) is 4.90 Å². The Morgan fingerprint density at radius 3 is 2.38 bits per heavy atom. The minimum Gasteiger partial charge on any atom is -0.467 e. The van der Waals surface area contributed by atoms with E-state index >= 15 is 0 Å². The van der Waals surface area contributed by atoms with Crippen LogP contribution in [0.5, 0.6) is 11.5 Å². The Hall–Kier alpha value is -4.78. The highest BCUT2D eigenvalue weighted by atomic mass is 16.7.